The number of hydrogen-bond donors (Lipinski definition) is 0. The number of fused-ring (bicyclic) bond motifs is 1. The maximum absolute atomic E-state index is 12.6. The lowest BCUT2D eigenvalue weighted by molar-refractivity contribution is -0.117. The number of thioether (sulfide) groups is 1. The number of sulfone groups is 1. The van der Waals surface area contributed by atoms with Crippen molar-refractivity contribution in [3.63, 3.8) is 0 Å². The summed E-state index contributed by atoms with van der Waals surface area (Å²) in [5.41, 5.74) is 1.62. The average molecular weight is 451 g/mol. The lowest BCUT2D eigenvalue weighted by atomic mass is 10.1. The summed E-state index contributed by atoms with van der Waals surface area (Å²) in [6, 6.07) is 14.2. The molecule has 0 radical (unpaired) electrons. The molecule has 152 valence electrons. The van der Waals surface area contributed by atoms with Crippen molar-refractivity contribution >= 4 is 50.0 Å². The van der Waals surface area contributed by atoms with Crippen LogP contribution in [0.25, 0.3) is 0 Å². The highest BCUT2D eigenvalue weighted by molar-refractivity contribution is 8.16. The van der Waals surface area contributed by atoms with Gasteiger partial charge in [0.1, 0.15) is 5.75 Å². The van der Waals surface area contributed by atoms with Crippen LogP contribution >= 0.6 is 23.4 Å². The van der Waals surface area contributed by atoms with E-state index in [-0.39, 0.29) is 35.1 Å². The number of ether oxygens (including phenoxy) is 1. The van der Waals surface area contributed by atoms with Gasteiger partial charge in [-0.2, -0.15) is 4.99 Å². The standard InChI is InChI=1S/C20H19ClN2O4S2/c1-27-16-8-2-13(3-9-16)10-19(24)22-20-23(15-6-4-14(21)5-7-15)17-11-29(25,26)12-18(17)28-20/h2-9,17-18H,10-12H2,1H3/t17-,18+/m1/s1. The van der Waals surface area contributed by atoms with Gasteiger partial charge in [-0.3, -0.25) is 4.79 Å². The number of amidine groups is 1. The van der Waals surface area contributed by atoms with Crippen LogP contribution in [0.3, 0.4) is 0 Å². The normalized spacial score (nSPS) is 23.9. The van der Waals surface area contributed by atoms with E-state index in [1.165, 1.54) is 11.8 Å². The zero-order valence-electron chi connectivity index (χ0n) is 15.6. The van der Waals surface area contributed by atoms with Crippen molar-refractivity contribution in [1.82, 2.24) is 0 Å². The molecule has 6 nitrogen and oxygen atoms in total. The second kappa shape index (κ2) is 8.01. The summed E-state index contributed by atoms with van der Waals surface area (Å²) in [4.78, 5) is 18.8. The van der Waals surface area contributed by atoms with E-state index < -0.39 is 9.84 Å². The van der Waals surface area contributed by atoms with Crippen LogP contribution in [0.1, 0.15) is 5.56 Å². The highest BCUT2D eigenvalue weighted by Gasteiger charge is 2.49. The third-order valence-electron chi connectivity index (χ3n) is 4.91. The Morgan fingerprint density at radius 3 is 2.52 bits per heavy atom. The topological polar surface area (TPSA) is 76.0 Å². The molecule has 2 aliphatic rings. The van der Waals surface area contributed by atoms with Crippen LogP contribution in [-0.4, -0.2) is 49.4 Å². The number of anilines is 1. The van der Waals surface area contributed by atoms with Gasteiger partial charge in [0.15, 0.2) is 15.0 Å². The summed E-state index contributed by atoms with van der Waals surface area (Å²) in [5.74, 6) is 0.596. The van der Waals surface area contributed by atoms with Gasteiger partial charge in [0.05, 0.1) is 31.1 Å². The fraction of sp³-hybridized carbons (Fsp3) is 0.300. The lowest BCUT2D eigenvalue weighted by Crippen LogP contribution is -2.37. The van der Waals surface area contributed by atoms with Gasteiger partial charge in [-0.05, 0) is 42.0 Å². The quantitative estimate of drug-likeness (QED) is 0.712. The number of rotatable bonds is 4. The number of hydrogen-bond acceptors (Lipinski definition) is 5. The van der Waals surface area contributed by atoms with E-state index in [0.717, 1.165) is 17.0 Å². The van der Waals surface area contributed by atoms with Gasteiger partial charge < -0.3 is 9.64 Å². The van der Waals surface area contributed by atoms with Gasteiger partial charge in [0, 0.05) is 16.0 Å². The molecule has 0 unspecified atom stereocenters. The molecule has 2 heterocycles. The van der Waals surface area contributed by atoms with Gasteiger partial charge >= 0.3 is 0 Å². The van der Waals surface area contributed by atoms with Gasteiger partial charge in [-0.25, -0.2) is 8.42 Å². The Balaban J connectivity index is 1.60. The summed E-state index contributed by atoms with van der Waals surface area (Å²) in [5, 5.41) is 0.990. The molecule has 0 N–H and O–H groups in total. The number of benzene rings is 2. The Kier molecular flexibility index (Phi) is 5.59. The van der Waals surface area contributed by atoms with Crippen LogP contribution in [0, 0.1) is 0 Å². The van der Waals surface area contributed by atoms with Crippen LogP contribution in [-0.2, 0) is 21.1 Å². The third kappa shape index (κ3) is 4.44. The predicted molar refractivity (Wildman–Crippen MR) is 117 cm³/mol. The van der Waals surface area contributed by atoms with Crippen molar-refractivity contribution in [3.8, 4) is 5.75 Å². The number of carbonyl (C=O) groups excluding carboxylic acids is 1. The molecule has 2 aromatic carbocycles. The van der Waals surface area contributed by atoms with Crippen molar-refractivity contribution in [2.24, 2.45) is 4.99 Å². The molecule has 2 fully saturated rings. The molecule has 1 amide bonds. The van der Waals surface area contributed by atoms with Crippen molar-refractivity contribution in [1.29, 1.82) is 0 Å². The molecule has 0 spiro atoms. The molecule has 0 aliphatic carbocycles. The minimum Gasteiger partial charge on any atom is -0.497 e. The second-order valence-electron chi connectivity index (χ2n) is 6.96. The molecule has 0 aromatic heterocycles. The molecule has 2 aromatic rings. The predicted octanol–water partition coefficient (Wildman–Crippen LogP) is 3.19. The molecular weight excluding hydrogens is 432 g/mol. The van der Waals surface area contributed by atoms with Gasteiger partial charge in [-0.15, -0.1) is 0 Å². The van der Waals surface area contributed by atoms with Crippen LogP contribution in [0.15, 0.2) is 53.5 Å². The van der Waals surface area contributed by atoms with E-state index in [4.69, 9.17) is 16.3 Å². The van der Waals surface area contributed by atoms with Crippen molar-refractivity contribution in [2.45, 2.75) is 17.7 Å². The van der Waals surface area contributed by atoms with Gasteiger partial charge in [-0.1, -0.05) is 35.5 Å². The minimum atomic E-state index is -3.10. The zero-order valence-corrected chi connectivity index (χ0v) is 18.0. The Morgan fingerprint density at radius 2 is 1.86 bits per heavy atom. The molecule has 0 bridgehead atoms. The SMILES string of the molecule is COc1ccc(CC(=O)N=C2S[C@H]3CS(=O)(=O)C[C@H]3N2c2ccc(Cl)cc2)cc1. The first-order chi connectivity index (χ1) is 13.8. The molecule has 9 heteroatoms. The maximum atomic E-state index is 12.6. The van der Waals surface area contributed by atoms with Crippen LogP contribution in [0.2, 0.25) is 5.02 Å². The van der Waals surface area contributed by atoms with Crippen molar-refractivity contribution in [2.75, 3.05) is 23.5 Å². The lowest BCUT2D eigenvalue weighted by Gasteiger charge is -2.24. The smallest absolute Gasteiger partial charge is 0.252 e. The van der Waals surface area contributed by atoms with Gasteiger partial charge in [0.2, 0.25) is 0 Å². The summed E-state index contributed by atoms with van der Waals surface area (Å²) in [7, 11) is -1.51. The maximum Gasteiger partial charge on any atom is 0.252 e. The molecule has 2 aliphatic heterocycles. The van der Waals surface area contributed by atoms with E-state index in [0.29, 0.717) is 10.2 Å². The number of halogens is 1. The van der Waals surface area contributed by atoms with E-state index in [2.05, 4.69) is 4.99 Å². The first kappa shape index (κ1) is 20.3. The summed E-state index contributed by atoms with van der Waals surface area (Å²) in [6.07, 6.45) is 0.163. The summed E-state index contributed by atoms with van der Waals surface area (Å²) >= 11 is 7.35. The Labute approximate surface area is 178 Å². The Morgan fingerprint density at radius 1 is 1.17 bits per heavy atom. The van der Waals surface area contributed by atoms with E-state index in [1.54, 1.807) is 31.4 Å². The first-order valence-electron chi connectivity index (χ1n) is 9.01. The number of methoxy groups -OCH3 is 1. The Hall–Kier alpha value is -2.03. The first-order valence-corrected chi connectivity index (χ1v) is 12.1. The monoisotopic (exact) mass is 450 g/mol. The number of carbonyl (C=O) groups is 1. The van der Waals surface area contributed by atoms with Crippen LogP contribution in [0.4, 0.5) is 5.69 Å². The second-order valence-corrected chi connectivity index (χ2v) is 10.8. The third-order valence-corrected chi connectivity index (χ3v) is 8.37. The average Bonchev–Trinajstić information content (AvgIpc) is 3.14. The zero-order chi connectivity index (χ0) is 20.6. The van der Waals surface area contributed by atoms with E-state index >= 15 is 0 Å². The highest BCUT2D eigenvalue weighted by Crippen LogP contribution is 2.41. The fourth-order valence-electron chi connectivity index (χ4n) is 3.53. The molecule has 29 heavy (non-hydrogen) atoms. The van der Waals surface area contributed by atoms with E-state index in [1.807, 2.05) is 29.2 Å². The fourth-order valence-corrected chi connectivity index (χ4v) is 7.59. The van der Waals surface area contributed by atoms with Crippen molar-refractivity contribution in [3.05, 3.63) is 59.1 Å². The number of nitrogens with zero attached hydrogens (tertiary/aromatic N) is 2. The summed E-state index contributed by atoms with van der Waals surface area (Å²) in [6.45, 7) is 0. The molecule has 0 saturated carbocycles. The minimum absolute atomic E-state index is 0.0545. The van der Waals surface area contributed by atoms with Gasteiger partial charge in [0.25, 0.3) is 5.91 Å². The van der Waals surface area contributed by atoms with Crippen LogP contribution in [0.5, 0.6) is 5.75 Å². The molecule has 4 rings (SSSR count). The Bertz CT molecular complexity index is 1050. The number of aliphatic imine (C=N–C) groups is 1. The largest absolute Gasteiger partial charge is 0.497 e. The molecule has 2 saturated heterocycles. The molecule has 2 atom stereocenters. The number of amides is 1. The summed E-state index contributed by atoms with van der Waals surface area (Å²) < 4.78 is 29.4. The van der Waals surface area contributed by atoms with E-state index in [9.17, 15) is 13.2 Å². The highest BCUT2D eigenvalue weighted by atomic mass is 35.5. The van der Waals surface area contributed by atoms with Crippen molar-refractivity contribution < 1.29 is 17.9 Å². The van der Waals surface area contributed by atoms with Crippen LogP contribution < -0.4 is 9.64 Å². The molecular formula is C20H19ClN2O4S2.